The van der Waals surface area contributed by atoms with Gasteiger partial charge in [-0.05, 0) is 20.9 Å². The minimum absolute atomic E-state index is 0.0795. The number of thiazole rings is 1. The van der Waals surface area contributed by atoms with Crippen molar-refractivity contribution in [3.05, 3.63) is 15.6 Å². The molecule has 1 aromatic rings. The fraction of sp³-hybridized carbons (Fsp3) is 0.692. The smallest absolute Gasteiger partial charge is 0.236 e. The van der Waals surface area contributed by atoms with Gasteiger partial charge in [0.25, 0.3) is 0 Å². The van der Waals surface area contributed by atoms with Crippen molar-refractivity contribution < 1.29 is 4.79 Å². The summed E-state index contributed by atoms with van der Waals surface area (Å²) in [5, 5.41) is 4.03. The van der Waals surface area contributed by atoms with Gasteiger partial charge in [0.1, 0.15) is 0 Å². The van der Waals surface area contributed by atoms with E-state index in [1.807, 2.05) is 14.0 Å². The molecule has 4 nitrogen and oxygen atoms in total. The molecule has 1 aromatic heterocycles. The molecule has 1 unspecified atom stereocenters. The molecule has 0 saturated carbocycles. The number of nitrogens with zero attached hydrogens (tertiary/aromatic N) is 2. The molecule has 0 bridgehead atoms. The number of rotatable bonds is 5. The minimum Gasteiger partial charge on any atom is -0.337 e. The van der Waals surface area contributed by atoms with Crippen LogP contribution >= 0.6 is 11.3 Å². The molecule has 1 amide bonds. The van der Waals surface area contributed by atoms with Gasteiger partial charge in [0.2, 0.25) is 5.91 Å². The van der Waals surface area contributed by atoms with Crippen molar-refractivity contribution in [3.8, 4) is 0 Å². The Morgan fingerprint density at radius 2 is 2.06 bits per heavy atom. The molecule has 0 spiro atoms. The van der Waals surface area contributed by atoms with Crippen LogP contribution in [0.5, 0.6) is 0 Å². The standard InChI is InChI=1S/C13H23N3OS/c1-8(2)13-15-9(3)12(18-13)10(4)16(6)11(17)7-14-5/h8,10,14H,7H2,1-6H3. The Kier molecular flexibility index (Phi) is 5.28. The van der Waals surface area contributed by atoms with Crippen LogP contribution in [0.3, 0.4) is 0 Å². The van der Waals surface area contributed by atoms with Crippen molar-refractivity contribution in [3.63, 3.8) is 0 Å². The summed E-state index contributed by atoms with van der Waals surface area (Å²) in [5.74, 6) is 0.539. The van der Waals surface area contributed by atoms with E-state index in [2.05, 4.69) is 31.1 Å². The summed E-state index contributed by atoms with van der Waals surface area (Å²) in [5.41, 5.74) is 1.04. The van der Waals surface area contributed by atoms with E-state index in [-0.39, 0.29) is 11.9 Å². The van der Waals surface area contributed by atoms with Crippen LogP contribution in [-0.4, -0.2) is 36.4 Å². The summed E-state index contributed by atoms with van der Waals surface area (Å²) in [6.07, 6.45) is 0. The van der Waals surface area contributed by atoms with Gasteiger partial charge < -0.3 is 10.2 Å². The lowest BCUT2D eigenvalue weighted by Crippen LogP contribution is -2.35. The number of hydrogen-bond acceptors (Lipinski definition) is 4. The predicted molar refractivity (Wildman–Crippen MR) is 76.1 cm³/mol. The van der Waals surface area contributed by atoms with Crippen LogP contribution in [0.2, 0.25) is 0 Å². The molecule has 1 N–H and O–H groups in total. The molecule has 18 heavy (non-hydrogen) atoms. The molecule has 0 aliphatic carbocycles. The predicted octanol–water partition coefficient (Wildman–Crippen LogP) is 2.31. The quantitative estimate of drug-likeness (QED) is 0.892. The summed E-state index contributed by atoms with van der Waals surface area (Å²) < 4.78 is 0. The minimum atomic E-state index is 0.0795. The number of carbonyl (C=O) groups is 1. The number of aromatic nitrogens is 1. The van der Waals surface area contributed by atoms with Gasteiger partial charge >= 0.3 is 0 Å². The Bertz CT molecular complexity index is 414. The second kappa shape index (κ2) is 6.29. The summed E-state index contributed by atoms with van der Waals surface area (Å²) >= 11 is 1.71. The van der Waals surface area contributed by atoms with Gasteiger partial charge in [-0.25, -0.2) is 4.98 Å². The fourth-order valence-corrected chi connectivity index (χ4v) is 2.90. The maximum Gasteiger partial charge on any atom is 0.236 e. The van der Waals surface area contributed by atoms with Gasteiger partial charge in [0.15, 0.2) is 0 Å². The van der Waals surface area contributed by atoms with E-state index < -0.39 is 0 Å². The second-order valence-corrected chi connectivity index (χ2v) is 5.93. The van der Waals surface area contributed by atoms with Crippen LogP contribution in [0.15, 0.2) is 0 Å². The van der Waals surface area contributed by atoms with Gasteiger partial charge in [-0.1, -0.05) is 13.8 Å². The first-order chi connectivity index (χ1) is 8.38. The fourth-order valence-electron chi connectivity index (χ4n) is 1.73. The van der Waals surface area contributed by atoms with Crippen LogP contribution in [-0.2, 0) is 4.79 Å². The molecule has 102 valence electrons. The number of aryl methyl sites for hydroxylation is 1. The molecule has 0 aliphatic rings. The van der Waals surface area contributed by atoms with E-state index in [0.29, 0.717) is 12.5 Å². The molecule has 1 rings (SSSR count). The second-order valence-electron chi connectivity index (χ2n) is 4.87. The third-order valence-electron chi connectivity index (χ3n) is 3.02. The zero-order valence-electron chi connectivity index (χ0n) is 12.1. The number of carbonyl (C=O) groups excluding carboxylic acids is 1. The third-order valence-corrected chi connectivity index (χ3v) is 4.65. The highest BCUT2D eigenvalue weighted by molar-refractivity contribution is 7.11. The SMILES string of the molecule is CNCC(=O)N(C)C(C)c1sc(C(C)C)nc1C. The van der Waals surface area contributed by atoms with Crippen molar-refractivity contribution >= 4 is 17.2 Å². The summed E-state index contributed by atoms with van der Waals surface area (Å²) in [6.45, 7) is 8.73. The number of likely N-dealkylation sites (N-methyl/N-ethyl adjacent to an activating group) is 2. The Labute approximate surface area is 113 Å². The monoisotopic (exact) mass is 269 g/mol. The van der Waals surface area contributed by atoms with E-state index in [1.165, 1.54) is 4.88 Å². The number of hydrogen-bond donors (Lipinski definition) is 1. The summed E-state index contributed by atoms with van der Waals surface area (Å²) in [6, 6.07) is 0.0795. The lowest BCUT2D eigenvalue weighted by Gasteiger charge is -2.24. The highest BCUT2D eigenvalue weighted by Crippen LogP contribution is 2.31. The first-order valence-corrected chi connectivity index (χ1v) is 7.07. The lowest BCUT2D eigenvalue weighted by atomic mass is 10.2. The van der Waals surface area contributed by atoms with Crippen LogP contribution in [0.25, 0.3) is 0 Å². The van der Waals surface area contributed by atoms with Crippen molar-refractivity contribution in [1.29, 1.82) is 0 Å². The van der Waals surface area contributed by atoms with Crippen molar-refractivity contribution in [2.75, 3.05) is 20.6 Å². The molecule has 5 heteroatoms. The highest BCUT2D eigenvalue weighted by atomic mass is 32.1. The highest BCUT2D eigenvalue weighted by Gasteiger charge is 2.22. The van der Waals surface area contributed by atoms with E-state index >= 15 is 0 Å². The van der Waals surface area contributed by atoms with Gasteiger partial charge in [0.05, 0.1) is 23.3 Å². The molecule has 0 fully saturated rings. The molecular weight excluding hydrogens is 246 g/mol. The van der Waals surface area contributed by atoms with E-state index in [4.69, 9.17) is 0 Å². The number of nitrogens with one attached hydrogen (secondary N) is 1. The van der Waals surface area contributed by atoms with Gasteiger partial charge in [-0.15, -0.1) is 11.3 Å². The third kappa shape index (κ3) is 3.29. The van der Waals surface area contributed by atoms with Crippen LogP contribution in [0, 0.1) is 6.92 Å². The topological polar surface area (TPSA) is 45.2 Å². The average molecular weight is 269 g/mol. The van der Waals surface area contributed by atoms with Gasteiger partial charge in [-0.3, -0.25) is 4.79 Å². The molecule has 0 aliphatic heterocycles. The number of amides is 1. The zero-order chi connectivity index (χ0) is 13.9. The van der Waals surface area contributed by atoms with E-state index in [1.54, 1.807) is 23.3 Å². The van der Waals surface area contributed by atoms with Crippen LogP contribution < -0.4 is 5.32 Å². The zero-order valence-corrected chi connectivity index (χ0v) is 12.9. The largest absolute Gasteiger partial charge is 0.337 e. The summed E-state index contributed by atoms with van der Waals surface area (Å²) in [7, 11) is 3.63. The van der Waals surface area contributed by atoms with Crippen molar-refractivity contribution in [1.82, 2.24) is 15.2 Å². The van der Waals surface area contributed by atoms with Crippen molar-refractivity contribution in [2.24, 2.45) is 0 Å². The summed E-state index contributed by atoms with van der Waals surface area (Å²) in [4.78, 5) is 19.4. The molecule has 1 heterocycles. The van der Waals surface area contributed by atoms with E-state index in [0.717, 1.165) is 10.7 Å². The normalized spacial score (nSPS) is 12.8. The molecule has 0 aromatic carbocycles. The Hall–Kier alpha value is -0.940. The van der Waals surface area contributed by atoms with Crippen molar-refractivity contribution in [2.45, 2.75) is 39.7 Å². The van der Waals surface area contributed by atoms with Gasteiger partial charge in [0, 0.05) is 17.8 Å². The van der Waals surface area contributed by atoms with E-state index in [9.17, 15) is 4.79 Å². The maximum absolute atomic E-state index is 11.9. The molecule has 0 radical (unpaired) electrons. The van der Waals surface area contributed by atoms with Gasteiger partial charge in [-0.2, -0.15) is 0 Å². The first-order valence-electron chi connectivity index (χ1n) is 6.26. The van der Waals surface area contributed by atoms with Crippen LogP contribution in [0.4, 0.5) is 0 Å². The first kappa shape index (κ1) is 15.1. The average Bonchev–Trinajstić information content (AvgIpc) is 2.70. The Morgan fingerprint density at radius 3 is 2.50 bits per heavy atom. The molecule has 0 saturated heterocycles. The Balaban J connectivity index is 2.89. The molecule has 1 atom stereocenters. The maximum atomic E-state index is 11.9. The van der Waals surface area contributed by atoms with Crippen LogP contribution in [0.1, 0.15) is 48.3 Å². The lowest BCUT2D eigenvalue weighted by molar-refractivity contribution is -0.130. The Morgan fingerprint density at radius 1 is 1.44 bits per heavy atom. The molecular formula is C13H23N3OS.